The van der Waals surface area contributed by atoms with Crippen LogP contribution in [0.25, 0.3) is 0 Å². The zero-order valence-electron chi connectivity index (χ0n) is 19.6. The van der Waals surface area contributed by atoms with Crippen LogP contribution in [0.15, 0.2) is 71.6 Å². The fourth-order valence-electron chi connectivity index (χ4n) is 3.20. The van der Waals surface area contributed by atoms with Gasteiger partial charge in [-0.3, -0.25) is 24.7 Å². The molecule has 2 N–H and O–H groups in total. The lowest BCUT2D eigenvalue weighted by Crippen LogP contribution is -2.41. The molecule has 3 aromatic carbocycles. The number of anilines is 1. The first-order chi connectivity index (χ1) is 16.7. The molecule has 0 saturated carbocycles. The first kappa shape index (κ1) is 25.4. The molecule has 3 aromatic rings. The van der Waals surface area contributed by atoms with Crippen molar-refractivity contribution in [1.82, 2.24) is 10.9 Å². The molecular weight excluding hydrogens is 474 g/mol. The summed E-state index contributed by atoms with van der Waals surface area (Å²) in [5, 5.41) is 0. The molecule has 0 aliphatic carbocycles. The Morgan fingerprint density at radius 2 is 1.31 bits per heavy atom. The quantitative estimate of drug-likeness (QED) is 0.457. The average Bonchev–Trinajstić information content (AvgIpc) is 2.90. The van der Waals surface area contributed by atoms with Crippen molar-refractivity contribution in [3.8, 4) is 17.2 Å². The summed E-state index contributed by atoms with van der Waals surface area (Å²) in [5.41, 5.74) is 5.23. The van der Waals surface area contributed by atoms with E-state index in [-0.39, 0.29) is 27.5 Å². The third-order valence-corrected chi connectivity index (χ3v) is 6.87. The van der Waals surface area contributed by atoms with Crippen molar-refractivity contribution in [2.24, 2.45) is 0 Å². The van der Waals surface area contributed by atoms with Crippen LogP contribution < -0.4 is 29.4 Å². The predicted octanol–water partition coefficient (Wildman–Crippen LogP) is 2.61. The van der Waals surface area contributed by atoms with E-state index in [9.17, 15) is 18.0 Å². The molecule has 0 bridgehead atoms. The summed E-state index contributed by atoms with van der Waals surface area (Å²) in [7, 11) is 1.77. The lowest BCUT2D eigenvalue weighted by Gasteiger charge is -2.19. The van der Waals surface area contributed by atoms with Gasteiger partial charge in [0, 0.05) is 18.2 Å². The number of nitrogens with one attached hydrogen (secondary N) is 2. The minimum atomic E-state index is -3.92. The van der Waals surface area contributed by atoms with E-state index in [0.29, 0.717) is 11.4 Å². The molecule has 0 saturated heterocycles. The maximum absolute atomic E-state index is 13.0. The molecule has 0 aliphatic heterocycles. The van der Waals surface area contributed by atoms with Crippen LogP contribution in [-0.2, 0) is 10.0 Å². The van der Waals surface area contributed by atoms with Crippen molar-refractivity contribution in [3.63, 3.8) is 0 Å². The van der Waals surface area contributed by atoms with E-state index in [2.05, 4.69) is 10.9 Å². The number of sulfonamides is 1. The highest BCUT2D eigenvalue weighted by atomic mass is 32.2. The molecule has 2 amide bonds. The van der Waals surface area contributed by atoms with E-state index in [0.717, 1.165) is 4.31 Å². The number of para-hydroxylation sites is 1. The first-order valence-corrected chi connectivity index (χ1v) is 11.7. The molecule has 11 heteroatoms. The van der Waals surface area contributed by atoms with Crippen molar-refractivity contribution in [2.45, 2.75) is 4.90 Å². The SMILES string of the molecule is COc1cc(C(=O)NNC(=O)c2cccc(S(=O)(=O)N(C)c3ccccc3)c2)cc(OC)c1OC. The van der Waals surface area contributed by atoms with Gasteiger partial charge in [0.1, 0.15) is 0 Å². The van der Waals surface area contributed by atoms with Gasteiger partial charge in [-0.2, -0.15) is 0 Å². The number of nitrogens with zero attached hydrogens (tertiary/aromatic N) is 1. The number of hydrogen-bond acceptors (Lipinski definition) is 7. The second-order valence-electron chi connectivity index (χ2n) is 7.16. The van der Waals surface area contributed by atoms with Crippen molar-refractivity contribution >= 4 is 27.5 Å². The van der Waals surface area contributed by atoms with Crippen LogP contribution in [0.4, 0.5) is 5.69 Å². The number of amides is 2. The molecule has 0 unspecified atom stereocenters. The lowest BCUT2D eigenvalue weighted by atomic mass is 10.1. The molecule has 35 heavy (non-hydrogen) atoms. The number of hydrogen-bond donors (Lipinski definition) is 2. The van der Waals surface area contributed by atoms with Crippen LogP contribution in [0.1, 0.15) is 20.7 Å². The Labute approximate surface area is 203 Å². The Bertz CT molecular complexity index is 1300. The van der Waals surface area contributed by atoms with Gasteiger partial charge >= 0.3 is 0 Å². The van der Waals surface area contributed by atoms with Crippen LogP contribution in [0.3, 0.4) is 0 Å². The van der Waals surface area contributed by atoms with Gasteiger partial charge in [-0.15, -0.1) is 0 Å². The van der Waals surface area contributed by atoms with Crippen molar-refractivity contribution in [2.75, 3.05) is 32.7 Å². The standard InChI is InChI=1S/C24H25N3O7S/c1-27(18-10-6-5-7-11-18)35(30,31)19-12-8-9-16(13-19)23(28)25-26-24(29)17-14-20(32-2)22(34-4)21(15-17)33-3/h5-15H,1-4H3,(H,25,28)(H,26,29). The third kappa shape index (κ3) is 5.46. The summed E-state index contributed by atoms with van der Waals surface area (Å²) in [5.74, 6) is -0.503. The maximum atomic E-state index is 13.0. The Hall–Kier alpha value is -4.25. The summed E-state index contributed by atoms with van der Waals surface area (Å²) < 4.78 is 42.8. The molecule has 0 heterocycles. The number of methoxy groups -OCH3 is 3. The minimum Gasteiger partial charge on any atom is -0.493 e. The first-order valence-electron chi connectivity index (χ1n) is 10.3. The predicted molar refractivity (Wildman–Crippen MR) is 130 cm³/mol. The van der Waals surface area contributed by atoms with Crippen LogP contribution in [0.5, 0.6) is 17.2 Å². The van der Waals surface area contributed by atoms with Gasteiger partial charge < -0.3 is 14.2 Å². The van der Waals surface area contributed by atoms with E-state index in [1.54, 1.807) is 30.3 Å². The second-order valence-corrected chi connectivity index (χ2v) is 9.13. The van der Waals surface area contributed by atoms with Crippen LogP contribution in [0.2, 0.25) is 0 Å². The highest BCUT2D eigenvalue weighted by Crippen LogP contribution is 2.38. The fourth-order valence-corrected chi connectivity index (χ4v) is 4.44. The zero-order chi connectivity index (χ0) is 25.6. The van der Waals surface area contributed by atoms with Gasteiger partial charge in [0.2, 0.25) is 5.75 Å². The topological polar surface area (TPSA) is 123 Å². The summed E-state index contributed by atoms with van der Waals surface area (Å²) >= 11 is 0. The van der Waals surface area contributed by atoms with Crippen molar-refractivity contribution in [3.05, 3.63) is 77.9 Å². The number of ether oxygens (including phenoxy) is 3. The highest BCUT2D eigenvalue weighted by Gasteiger charge is 2.23. The van der Waals surface area contributed by atoms with Crippen LogP contribution in [-0.4, -0.2) is 48.6 Å². The summed E-state index contributed by atoms with van der Waals surface area (Å²) in [6.45, 7) is 0. The molecule has 0 spiro atoms. The smallest absolute Gasteiger partial charge is 0.269 e. The van der Waals surface area contributed by atoms with E-state index < -0.39 is 21.8 Å². The summed E-state index contributed by atoms with van der Waals surface area (Å²) in [4.78, 5) is 25.2. The van der Waals surface area contributed by atoms with Gasteiger partial charge in [-0.25, -0.2) is 8.42 Å². The van der Waals surface area contributed by atoms with Gasteiger partial charge in [-0.1, -0.05) is 24.3 Å². The molecule has 184 valence electrons. The van der Waals surface area contributed by atoms with Gasteiger partial charge in [0.25, 0.3) is 21.8 Å². The molecule has 3 rings (SSSR count). The second kappa shape index (κ2) is 10.8. The summed E-state index contributed by atoms with van der Waals surface area (Å²) in [6, 6.07) is 16.9. The van der Waals surface area contributed by atoms with E-state index >= 15 is 0 Å². The third-order valence-electron chi connectivity index (χ3n) is 5.09. The van der Waals surface area contributed by atoms with E-state index in [4.69, 9.17) is 14.2 Å². The van der Waals surface area contributed by atoms with Crippen LogP contribution in [0, 0.1) is 0 Å². The Morgan fingerprint density at radius 1 is 0.743 bits per heavy atom. The Morgan fingerprint density at radius 3 is 1.86 bits per heavy atom. The zero-order valence-corrected chi connectivity index (χ0v) is 20.4. The van der Waals surface area contributed by atoms with Crippen molar-refractivity contribution < 1.29 is 32.2 Å². The van der Waals surface area contributed by atoms with E-state index in [1.807, 2.05) is 0 Å². The monoisotopic (exact) mass is 499 g/mol. The van der Waals surface area contributed by atoms with Gasteiger partial charge in [-0.05, 0) is 42.5 Å². The van der Waals surface area contributed by atoms with Gasteiger partial charge in [0.15, 0.2) is 11.5 Å². The van der Waals surface area contributed by atoms with Crippen LogP contribution >= 0.6 is 0 Å². The number of carbonyl (C=O) groups is 2. The molecule has 0 atom stereocenters. The molecular formula is C24H25N3O7S. The lowest BCUT2D eigenvalue weighted by molar-refractivity contribution is 0.0846. The average molecular weight is 500 g/mol. The largest absolute Gasteiger partial charge is 0.493 e. The fraction of sp³-hybridized carbons (Fsp3) is 0.167. The number of carbonyl (C=O) groups excluding carboxylic acids is 2. The molecule has 10 nitrogen and oxygen atoms in total. The Balaban J connectivity index is 1.76. The molecule has 0 fully saturated rings. The summed E-state index contributed by atoms with van der Waals surface area (Å²) in [6.07, 6.45) is 0. The Kier molecular flexibility index (Phi) is 7.82. The molecule has 0 radical (unpaired) electrons. The number of hydrazine groups is 1. The minimum absolute atomic E-state index is 0.0396. The number of benzene rings is 3. The normalized spacial score (nSPS) is 10.7. The van der Waals surface area contributed by atoms with Gasteiger partial charge in [0.05, 0.1) is 31.9 Å². The highest BCUT2D eigenvalue weighted by molar-refractivity contribution is 7.92. The van der Waals surface area contributed by atoms with E-state index in [1.165, 1.54) is 64.8 Å². The molecule has 0 aromatic heterocycles. The maximum Gasteiger partial charge on any atom is 0.269 e. The number of rotatable bonds is 8. The molecule has 0 aliphatic rings. The van der Waals surface area contributed by atoms with Crippen molar-refractivity contribution in [1.29, 1.82) is 0 Å².